The molecule has 0 spiro atoms. The van der Waals surface area contributed by atoms with Crippen molar-refractivity contribution < 1.29 is 12.8 Å². The summed E-state index contributed by atoms with van der Waals surface area (Å²) in [5, 5.41) is 8.46. The second-order valence-corrected chi connectivity index (χ2v) is 6.58. The van der Waals surface area contributed by atoms with Gasteiger partial charge in [-0.1, -0.05) is 23.7 Å². The van der Waals surface area contributed by atoms with E-state index < -0.39 is 15.8 Å². The van der Waals surface area contributed by atoms with E-state index >= 15 is 0 Å². The van der Waals surface area contributed by atoms with Crippen molar-refractivity contribution in [2.45, 2.75) is 17.9 Å². The van der Waals surface area contributed by atoms with Crippen LogP contribution in [0.15, 0.2) is 47.4 Å². The lowest BCUT2D eigenvalue weighted by Gasteiger charge is -2.17. The van der Waals surface area contributed by atoms with Crippen molar-refractivity contribution in [1.82, 2.24) is 0 Å². The first kappa shape index (κ1) is 15.8. The molecule has 0 radical (unpaired) electrons. The lowest BCUT2D eigenvalue weighted by Crippen LogP contribution is -2.13. The molecule has 0 aliphatic rings. The van der Waals surface area contributed by atoms with Gasteiger partial charge in [0.25, 0.3) is 0 Å². The van der Waals surface area contributed by atoms with Crippen LogP contribution < -0.4 is 10.5 Å². The van der Waals surface area contributed by atoms with Crippen molar-refractivity contribution in [1.29, 1.82) is 0 Å². The third kappa shape index (κ3) is 3.93. The summed E-state index contributed by atoms with van der Waals surface area (Å²) in [4.78, 5) is 0.0406. The number of hydrogen-bond acceptors (Lipinski definition) is 3. The molecule has 0 saturated heterocycles. The lowest BCUT2D eigenvalue weighted by atomic mass is 10.1. The molecule has 4 nitrogen and oxygen atoms in total. The van der Waals surface area contributed by atoms with Crippen LogP contribution in [0.5, 0.6) is 0 Å². The second kappa shape index (κ2) is 6.01. The standard InChI is InChI=1S/C14H14ClFN2O2S/c1-9(18-14-6-5-11(16)8-13(14)15)10-3-2-4-12(7-10)21(17,19)20/h2-9,18H,1H3,(H2,17,19,20). The summed E-state index contributed by atoms with van der Waals surface area (Å²) in [5.41, 5.74) is 1.29. The Balaban J connectivity index is 2.26. The fraction of sp³-hybridized carbons (Fsp3) is 0.143. The molecule has 0 amide bonds. The van der Waals surface area contributed by atoms with Crippen LogP contribution in [0.2, 0.25) is 5.02 Å². The number of hydrogen-bond donors (Lipinski definition) is 2. The first-order valence-electron chi connectivity index (χ1n) is 6.12. The molecule has 0 bridgehead atoms. The Labute approximate surface area is 127 Å². The quantitative estimate of drug-likeness (QED) is 0.904. The van der Waals surface area contributed by atoms with Gasteiger partial charge in [-0.25, -0.2) is 17.9 Å². The van der Waals surface area contributed by atoms with Crippen molar-refractivity contribution in [3.8, 4) is 0 Å². The van der Waals surface area contributed by atoms with Crippen LogP contribution in [0.3, 0.4) is 0 Å². The average Bonchev–Trinajstić information content (AvgIpc) is 2.41. The SMILES string of the molecule is CC(Nc1ccc(F)cc1Cl)c1cccc(S(N)(=O)=O)c1. The van der Waals surface area contributed by atoms with Gasteiger partial charge < -0.3 is 5.32 Å². The summed E-state index contributed by atoms with van der Waals surface area (Å²) < 4.78 is 35.7. The first-order valence-corrected chi connectivity index (χ1v) is 8.04. The maximum absolute atomic E-state index is 13.0. The minimum absolute atomic E-state index is 0.0406. The molecule has 2 aromatic carbocycles. The van der Waals surface area contributed by atoms with Crippen molar-refractivity contribution in [3.63, 3.8) is 0 Å². The minimum Gasteiger partial charge on any atom is -0.377 e. The fourth-order valence-corrected chi connectivity index (χ4v) is 2.67. The molecule has 1 atom stereocenters. The highest BCUT2D eigenvalue weighted by molar-refractivity contribution is 7.89. The lowest BCUT2D eigenvalue weighted by molar-refractivity contribution is 0.597. The Bertz CT molecular complexity index is 765. The first-order chi connectivity index (χ1) is 9.77. The minimum atomic E-state index is -3.75. The Morgan fingerprint density at radius 1 is 1.24 bits per heavy atom. The Kier molecular flexibility index (Phi) is 4.51. The molecule has 0 heterocycles. The summed E-state index contributed by atoms with van der Waals surface area (Å²) in [7, 11) is -3.75. The predicted molar refractivity (Wildman–Crippen MR) is 81.3 cm³/mol. The molecule has 2 rings (SSSR count). The maximum atomic E-state index is 13.0. The van der Waals surface area contributed by atoms with Crippen LogP contribution in [0, 0.1) is 5.82 Å². The van der Waals surface area contributed by atoms with Gasteiger partial charge in [0.1, 0.15) is 5.82 Å². The van der Waals surface area contributed by atoms with Crippen molar-refractivity contribution in [2.75, 3.05) is 5.32 Å². The van der Waals surface area contributed by atoms with E-state index in [9.17, 15) is 12.8 Å². The summed E-state index contributed by atoms with van der Waals surface area (Å²) >= 11 is 5.95. The zero-order chi connectivity index (χ0) is 15.6. The molecule has 3 N–H and O–H groups in total. The van der Waals surface area contributed by atoms with E-state index in [1.165, 1.54) is 30.3 Å². The zero-order valence-corrected chi connectivity index (χ0v) is 12.7. The number of nitrogens with one attached hydrogen (secondary N) is 1. The highest BCUT2D eigenvalue weighted by Gasteiger charge is 2.12. The van der Waals surface area contributed by atoms with Gasteiger partial charge in [-0.3, -0.25) is 0 Å². The van der Waals surface area contributed by atoms with Crippen molar-refractivity contribution in [3.05, 3.63) is 58.9 Å². The Hall–Kier alpha value is -1.63. The van der Waals surface area contributed by atoms with Crippen LogP contribution in [-0.2, 0) is 10.0 Å². The van der Waals surface area contributed by atoms with Crippen LogP contribution in [0.25, 0.3) is 0 Å². The van der Waals surface area contributed by atoms with Gasteiger partial charge in [0.2, 0.25) is 10.0 Å². The molecule has 21 heavy (non-hydrogen) atoms. The smallest absolute Gasteiger partial charge is 0.238 e. The number of anilines is 1. The number of benzene rings is 2. The van der Waals surface area contributed by atoms with Crippen molar-refractivity contribution in [2.24, 2.45) is 5.14 Å². The van der Waals surface area contributed by atoms with Gasteiger partial charge in [-0.2, -0.15) is 0 Å². The molecule has 2 aromatic rings. The summed E-state index contributed by atoms with van der Waals surface area (Å²) in [6.07, 6.45) is 0. The fourth-order valence-electron chi connectivity index (χ4n) is 1.88. The predicted octanol–water partition coefficient (Wildman–Crippen LogP) is 3.30. The van der Waals surface area contributed by atoms with Gasteiger partial charge in [0.05, 0.1) is 15.6 Å². The van der Waals surface area contributed by atoms with Crippen LogP contribution >= 0.6 is 11.6 Å². The van der Waals surface area contributed by atoms with E-state index in [2.05, 4.69) is 5.32 Å². The molecule has 0 saturated carbocycles. The highest BCUT2D eigenvalue weighted by atomic mass is 35.5. The van der Waals surface area contributed by atoms with Gasteiger partial charge in [-0.15, -0.1) is 0 Å². The van der Waals surface area contributed by atoms with E-state index in [4.69, 9.17) is 16.7 Å². The maximum Gasteiger partial charge on any atom is 0.238 e. The Morgan fingerprint density at radius 3 is 2.57 bits per heavy atom. The molecule has 0 aliphatic carbocycles. The summed E-state index contributed by atoms with van der Waals surface area (Å²) in [5.74, 6) is -0.422. The van der Waals surface area contributed by atoms with E-state index in [0.717, 1.165) is 5.56 Å². The van der Waals surface area contributed by atoms with E-state index in [1.807, 2.05) is 6.92 Å². The zero-order valence-electron chi connectivity index (χ0n) is 11.2. The largest absolute Gasteiger partial charge is 0.377 e. The third-order valence-electron chi connectivity index (χ3n) is 2.99. The topological polar surface area (TPSA) is 72.2 Å². The number of primary sulfonamides is 1. The number of rotatable bonds is 4. The number of sulfonamides is 1. The van der Waals surface area contributed by atoms with E-state index in [1.54, 1.807) is 12.1 Å². The van der Waals surface area contributed by atoms with Crippen LogP contribution in [0.4, 0.5) is 10.1 Å². The van der Waals surface area contributed by atoms with Gasteiger partial charge in [0, 0.05) is 6.04 Å². The number of halogens is 2. The highest BCUT2D eigenvalue weighted by Crippen LogP contribution is 2.27. The molecular weight excluding hydrogens is 315 g/mol. The molecule has 7 heteroatoms. The molecular formula is C14H14ClFN2O2S. The van der Waals surface area contributed by atoms with Crippen LogP contribution in [-0.4, -0.2) is 8.42 Å². The normalized spacial score (nSPS) is 13.0. The number of nitrogens with two attached hydrogens (primary N) is 1. The summed E-state index contributed by atoms with van der Waals surface area (Å²) in [6, 6.07) is 10.1. The molecule has 1 unspecified atom stereocenters. The molecule has 0 fully saturated rings. The molecule has 112 valence electrons. The third-order valence-corrected chi connectivity index (χ3v) is 4.21. The Morgan fingerprint density at radius 2 is 1.95 bits per heavy atom. The summed E-state index contributed by atoms with van der Waals surface area (Å²) in [6.45, 7) is 1.84. The average molecular weight is 329 g/mol. The van der Waals surface area contributed by atoms with Crippen molar-refractivity contribution >= 4 is 27.3 Å². The monoisotopic (exact) mass is 328 g/mol. The molecule has 0 aromatic heterocycles. The van der Waals surface area contributed by atoms with E-state index in [0.29, 0.717) is 5.69 Å². The second-order valence-electron chi connectivity index (χ2n) is 4.61. The van der Waals surface area contributed by atoms with Gasteiger partial charge in [-0.05, 0) is 42.8 Å². The van der Waals surface area contributed by atoms with Gasteiger partial charge >= 0.3 is 0 Å². The van der Waals surface area contributed by atoms with Crippen LogP contribution in [0.1, 0.15) is 18.5 Å². The van der Waals surface area contributed by atoms with E-state index in [-0.39, 0.29) is 16.0 Å². The molecule has 0 aliphatic heterocycles. The van der Waals surface area contributed by atoms with Gasteiger partial charge in [0.15, 0.2) is 0 Å².